The largest absolute Gasteiger partial charge is 0.468 e. The van der Waals surface area contributed by atoms with Gasteiger partial charge in [0.15, 0.2) is 6.23 Å². The Morgan fingerprint density at radius 3 is 2.64 bits per heavy atom. The van der Waals surface area contributed by atoms with E-state index in [1.807, 2.05) is 6.07 Å². The van der Waals surface area contributed by atoms with Crippen molar-refractivity contribution in [2.45, 2.75) is 38.3 Å². The molecule has 1 fully saturated rings. The maximum absolute atomic E-state index is 13.8. The number of aliphatic hydroxyl groups is 1. The number of rotatable bonds is 10. The summed E-state index contributed by atoms with van der Waals surface area (Å²) in [5.74, 6) is -1.83. The molecule has 0 spiro atoms. The molecule has 0 bridgehead atoms. The molecule has 0 amide bonds. The van der Waals surface area contributed by atoms with Crippen molar-refractivity contribution in [2.24, 2.45) is 5.41 Å². The van der Waals surface area contributed by atoms with E-state index in [9.17, 15) is 29.3 Å². The molecular formula is C23H28N5O10P. The SMILES string of the molecule is COC(=O)c1ccccc1OP(=O)(NC(C)C(=O)OC)OCC1OC(n2ccc(N)nc2=O)C(C)(C#N)C1O. The van der Waals surface area contributed by atoms with Gasteiger partial charge in [0.2, 0.25) is 0 Å². The fourth-order valence-electron chi connectivity index (χ4n) is 3.81. The predicted octanol–water partition coefficient (Wildman–Crippen LogP) is 0.755. The molecule has 16 heteroatoms. The van der Waals surface area contributed by atoms with Gasteiger partial charge >= 0.3 is 25.4 Å². The van der Waals surface area contributed by atoms with Crippen LogP contribution in [0.5, 0.6) is 5.75 Å². The molecule has 6 unspecified atom stereocenters. The quantitative estimate of drug-likeness (QED) is 0.268. The number of para-hydroxylation sites is 1. The van der Waals surface area contributed by atoms with Crippen LogP contribution < -0.4 is 21.0 Å². The van der Waals surface area contributed by atoms with Crippen molar-refractivity contribution in [3.63, 3.8) is 0 Å². The van der Waals surface area contributed by atoms with Crippen LogP contribution in [-0.4, -0.2) is 65.7 Å². The van der Waals surface area contributed by atoms with Gasteiger partial charge in [-0.25, -0.2) is 14.2 Å². The number of aliphatic hydroxyl groups excluding tert-OH is 1. The number of nitrogens with zero attached hydrogens (tertiary/aromatic N) is 3. The second-order valence-corrected chi connectivity index (χ2v) is 10.3. The summed E-state index contributed by atoms with van der Waals surface area (Å²) in [7, 11) is -2.24. The lowest BCUT2D eigenvalue weighted by Crippen LogP contribution is -2.40. The molecule has 1 aromatic carbocycles. The first-order valence-corrected chi connectivity index (χ1v) is 13.0. The van der Waals surface area contributed by atoms with Crippen LogP contribution in [-0.2, 0) is 28.1 Å². The monoisotopic (exact) mass is 565 g/mol. The van der Waals surface area contributed by atoms with Gasteiger partial charge < -0.3 is 29.6 Å². The van der Waals surface area contributed by atoms with Crippen molar-refractivity contribution in [2.75, 3.05) is 26.6 Å². The normalized spacial score (nSPS) is 24.7. The minimum Gasteiger partial charge on any atom is -0.468 e. The molecule has 2 heterocycles. The molecule has 0 aliphatic carbocycles. The smallest absolute Gasteiger partial charge is 0.459 e. The number of hydrogen-bond acceptors (Lipinski definition) is 13. The summed E-state index contributed by atoms with van der Waals surface area (Å²) in [6, 6.07) is 7.79. The number of esters is 2. The van der Waals surface area contributed by atoms with E-state index in [1.54, 1.807) is 0 Å². The molecule has 2 aromatic rings. The fraction of sp³-hybridized carbons (Fsp3) is 0.435. The Hall–Kier alpha value is -3.80. The standard InChI is InChI=1S/C23H28N5O10P/c1-13(19(30)34-3)27-39(33,38-15-8-6-5-7-14(15)20(31)35-4)36-11-16-18(29)23(2,12-24)21(37-16)28-10-9-17(25)26-22(28)32/h5-10,13,16,18,21,29H,11H2,1-4H3,(H,27,33)(H2,25,26,32). The number of carbonyl (C=O) groups excluding carboxylic acids is 2. The Morgan fingerprint density at radius 1 is 1.33 bits per heavy atom. The van der Waals surface area contributed by atoms with E-state index >= 15 is 0 Å². The fourth-order valence-corrected chi connectivity index (χ4v) is 5.33. The Bertz CT molecular complexity index is 1380. The zero-order valence-electron chi connectivity index (χ0n) is 21.5. The van der Waals surface area contributed by atoms with E-state index in [-0.39, 0.29) is 17.1 Å². The van der Waals surface area contributed by atoms with Crippen molar-refractivity contribution in [1.29, 1.82) is 5.26 Å². The van der Waals surface area contributed by atoms with Gasteiger partial charge in [0.05, 0.1) is 26.9 Å². The van der Waals surface area contributed by atoms with Crippen LogP contribution in [0.1, 0.15) is 30.4 Å². The second kappa shape index (κ2) is 11.9. The first-order chi connectivity index (χ1) is 18.4. The number of nitrogen functional groups attached to an aromatic ring is 1. The highest BCUT2D eigenvalue weighted by Gasteiger charge is 2.55. The summed E-state index contributed by atoms with van der Waals surface area (Å²) in [6.07, 6.45) is -2.88. The maximum Gasteiger partial charge on any atom is 0.459 e. The number of nitrogens with one attached hydrogen (secondary N) is 1. The summed E-state index contributed by atoms with van der Waals surface area (Å²) >= 11 is 0. The molecule has 0 saturated carbocycles. The Balaban J connectivity index is 1.91. The predicted molar refractivity (Wildman–Crippen MR) is 133 cm³/mol. The summed E-state index contributed by atoms with van der Waals surface area (Å²) in [5, 5.41) is 23.2. The minimum atomic E-state index is -4.51. The average Bonchev–Trinajstić information content (AvgIpc) is 3.16. The highest BCUT2D eigenvalue weighted by Crippen LogP contribution is 2.49. The number of nitriles is 1. The van der Waals surface area contributed by atoms with Crippen LogP contribution in [0.4, 0.5) is 5.82 Å². The number of hydrogen-bond donors (Lipinski definition) is 3. The third kappa shape index (κ3) is 6.27. The van der Waals surface area contributed by atoms with Crippen molar-refractivity contribution >= 4 is 25.5 Å². The first-order valence-electron chi connectivity index (χ1n) is 11.5. The lowest BCUT2D eigenvalue weighted by Gasteiger charge is -2.26. The van der Waals surface area contributed by atoms with Crippen LogP contribution in [0.3, 0.4) is 0 Å². The molecule has 1 aliphatic rings. The van der Waals surface area contributed by atoms with Gasteiger partial charge in [-0.05, 0) is 32.0 Å². The molecule has 210 valence electrons. The number of ether oxygens (including phenoxy) is 3. The van der Waals surface area contributed by atoms with Gasteiger partial charge in [-0.2, -0.15) is 15.3 Å². The maximum atomic E-state index is 13.8. The van der Waals surface area contributed by atoms with Gasteiger partial charge in [0.25, 0.3) is 0 Å². The zero-order chi connectivity index (χ0) is 29.0. The first kappa shape index (κ1) is 29.8. The van der Waals surface area contributed by atoms with E-state index in [1.165, 1.54) is 50.4 Å². The topological polar surface area (TPSA) is 214 Å². The van der Waals surface area contributed by atoms with Crippen LogP contribution >= 0.6 is 7.75 Å². The number of methoxy groups -OCH3 is 2. The lowest BCUT2D eigenvalue weighted by atomic mass is 9.84. The van der Waals surface area contributed by atoms with Crippen LogP contribution in [0.2, 0.25) is 0 Å². The van der Waals surface area contributed by atoms with Gasteiger partial charge in [-0.3, -0.25) is 13.9 Å². The third-order valence-electron chi connectivity index (χ3n) is 5.95. The van der Waals surface area contributed by atoms with Crippen LogP contribution in [0, 0.1) is 16.7 Å². The van der Waals surface area contributed by atoms with Gasteiger partial charge in [0.1, 0.15) is 40.8 Å². The third-order valence-corrected chi connectivity index (χ3v) is 7.58. The number of aromatic nitrogens is 2. The van der Waals surface area contributed by atoms with Crippen LogP contribution in [0.25, 0.3) is 0 Å². The Labute approximate surface area is 223 Å². The summed E-state index contributed by atoms with van der Waals surface area (Å²) in [6.45, 7) is 2.07. The lowest BCUT2D eigenvalue weighted by molar-refractivity contribution is -0.142. The molecular weight excluding hydrogens is 537 g/mol. The van der Waals surface area contributed by atoms with E-state index in [2.05, 4.69) is 14.8 Å². The average molecular weight is 565 g/mol. The molecule has 1 aromatic heterocycles. The zero-order valence-corrected chi connectivity index (χ0v) is 22.4. The van der Waals surface area contributed by atoms with Crippen molar-refractivity contribution < 1.29 is 42.5 Å². The Kier molecular flexibility index (Phi) is 9.10. The summed E-state index contributed by atoms with van der Waals surface area (Å²) < 4.78 is 41.1. The highest BCUT2D eigenvalue weighted by molar-refractivity contribution is 7.52. The van der Waals surface area contributed by atoms with Gasteiger partial charge in [-0.1, -0.05) is 12.1 Å². The van der Waals surface area contributed by atoms with E-state index < -0.39 is 61.9 Å². The molecule has 4 N–H and O–H groups in total. The molecule has 0 radical (unpaired) electrons. The van der Waals surface area contributed by atoms with Gasteiger partial charge in [-0.15, -0.1) is 0 Å². The molecule has 1 saturated heterocycles. The van der Waals surface area contributed by atoms with Gasteiger partial charge in [0, 0.05) is 6.20 Å². The van der Waals surface area contributed by atoms with Crippen molar-refractivity contribution in [1.82, 2.24) is 14.6 Å². The number of nitrogens with two attached hydrogens (primary N) is 1. The minimum absolute atomic E-state index is 0.0514. The number of carbonyl (C=O) groups is 2. The van der Waals surface area contributed by atoms with Crippen molar-refractivity contribution in [3.8, 4) is 11.8 Å². The van der Waals surface area contributed by atoms with Crippen molar-refractivity contribution in [3.05, 3.63) is 52.6 Å². The van der Waals surface area contributed by atoms with E-state index in [0.29, 0.717) is 0 Å². The molecule has 3 rings (SSSR count). The van der Waals surface area contributed by atoms with Crippen LogP contribution in [0.15, 0.2) is 41.3 Å². The highest BCUT2D eigenvalue weighted by atomic mass is 31.2. The molecule has 15 nitrogen and oxygen atoms in total. The number of anilines is 1. The molecule has 39 heavy (non-hydrogen) atoms. The number of benzene rings is 1. The molecule has 1 aliphatic heterocycles. The van der Waals surface area contributed by atoms with E-state index in [4.69, 9.17) is 24.3 Å². The summed E-state index contributed by atoms with van der Waals surface area (Å²) in [4.78, 5) is 40.2. The molecule has 6 atom stereocenters. The summed E-state index contributed by atoms with van der Waals surface area (Å²) in [5.41, 5.74) is 2.97. The Morgan fingerprint density at radius 2 is 2.03 bits per heavy atom. The van der Waals surface area contributed by atoms with E-state index in [0.717, 1.165) is 18.8 Å². The second-order valence-electron chi connectivity index (χ2n) is 8.65.